The normalized spacial score (nSPS) is 10.0. The summed E-state index contributed by atoms with van der Waals surface area (Å²) in [5.41, 5.74) is 3.32. The summed E-state index contributed by atoms with van der Waals surface area (Å²) in [6.45, 7) is 8.80. The van der Waals surface area contributed by atoms with E-state index in [1.165, 1.54) is 0 Å². The van der Waals surface area contributed by atoms with Gasteiger partial charge >= 0.3 is 11.9 Å². The summed E-state index contributed by atoms with van der Waals surface area (Å²) >= 11 is 0. The van der Waals surface area contributed by atoms with E-state index < -0.39 is 11.9 Å². The molecule has 130 valence electrons. The summed E-state index contributed by atoms with van der Waals surface area (Å²) in [4.78, 5) is 23.3. The molecule has 0 N–H and O–H groups in total. The van der Waals surface area contributed by atoms with E-state index in [1.807, 2.05) is 26.0 Å². The third kappa shape index (κ3) is 4.94. The number of hydrogen-bond acceptors (Lipinski definition) is 5. The molecule has 0 unspecified atom stereocenters. The molecule has 2 aromatic carbocycles. The van der Waals surface area contributed by atoms with Crippen LogP contribution in [0.5, 0.6) is 11.5 Å². The summed E-state index contributed by atoms with van der Waals surface area (Å²) < 4.78 is 15.5. The maximum absolute atomic E-state index is 12.3. The van der Waals surface area contributed by atoms with Gasteiger partial charge in [0.25, 0.3) is 0 Å². The Morgan fingerprint density at radius 3 is 2.28 bits per heavy atom. The standard InChI is InChI=1S/C20H20O5/c1-5-19(21)24-12-23-16-8-9-18(15(4)11-16)20(22)25-17-7-6-13(2)14(3)10-17/h5-11H,1,12H2,2-4H3. The van der Waals surface area contributed by atoms with E-state index in [0.717, 1.165) is 17.2 Å². The Bertz CT molecular complexity index is 808. The fourth-order valence-corrected chi connectivity index (χ4v) is 2.11. The molecule has 0 fully saturated rings. The molecule has 0 spiro atoms. The lowest BCUT2D eigenvalue weighted by Crippen LogP contribution is -2.11. The van der Waals surface area contributed by atoms with Crippen LogP contribution >= 0.6 is 0 Å². The highest BCUT2D eigenvalue weighted by molar-refractivity contribution is 5.92. The van der Waals surface area contributed by atoms with Gasteiger partial charge in [0.1, 0.15) is 11.5 Å². The van der Waals surface area contributed by atoms with Crippen LogP contribution in [0.4, 0.5) is 0 Å². The topological polar surface area (TPSA) is 61.8 Å². The van der Waals surface area contributed by atoms with Crippen LogP contribution in [0.2, 0.25) is 0 Å². The Morgan fingerprint density at radius 1 is 0.960 bits per heavy atom. The summed E-state index contributed by atoms with van der Waals surface area (Å²) in [6, 6.07) is 10.4. The Balaban J connectivity index is 2.03. The van der Waals surface area contributed by atoms with Crippen molar-refractivity contribution in [2.24, 2.45) is 0 Å². The minimum Gasteiger partial charge on any atom is -0.457 e. The van der Waals surface area contributed by atoms with E-state index in [4.69, 9.17) is 14.2 Å². The molecule has 0 heterocycles. The number of benzene rings is 2. The van der Waals surface area contributed by atoms with Gasteiger partial charge in [-0.1, -0.05) is 12.6 Å². The molecule has 0 aromatic heterocycles. The lowest BCUT2D eigenvalue weighted by molar-refractivity contribution is -0.144. The van der Waals surface area contributed by atoms with Gasteiger partial charge in [-0.3, -0.25) is 0 Å². The third-order valence-corrected chi connectivity index (χ3v) is 3.70. The van der Waals surface area contributed by atoms with Crippen molar-refractivity contribution in [1.29, 1.82) is 0 Å². The SMILES string of the molecule is C=CC(=O)OCOc1ccc(C(=O)Oc2ccc(C)c(C)c2)c(C)c1. The highest BCUT2D eigenvalue weighted by Crippen LogP contribution is 2.21. The highest BCUT2D eigenvalue weighted by Gasteiger charge is 2.13. The first kappa shape index (κ1) is 18.3. The molecule has 0 aliphatic rings. The number of aryl methyl sites for hydroxylation is 3. The number of hydrogen-bond donors (Lipinski definition) is 0. The minimum absolute atomic E-state index is 0.225. The summed E-state index contributed by atoms with van der Waals surface area (Å²) in [5, 5.41) is 0. The van der Waals surface area contributed by atoms with Crippen molar-refractivity contribution in [2.45, 2.75) is 20.8 Å². The molecular weight excluding hydrogens is 320 g/mol. The second-order valence-corrected chi connectivity index (χ2v) is 5.54. The monoisotopic (exact) mass is 340 g/mol. The van der Waals surface area contributed by atoms with E-state index in [9.17, 15) is 9.59 Å². The molecular formula is C20H20O5. The average Bonchev–Trinajstić information content (AvgIpc) is 2.58. The predicted octanol–water partition coefficient (Wildman–Crippen LogP) is 3.90. The van der Waals surface area contributed by atoms with E-state index in [2.05, 4.69) is 6.58 Å². The van der Waals surface area contributed by atoms with Crippen LogP contribution in [0.15, 0.2) is 49.1 Å². The van der Waals surface area contributed by atoms with Gasteiger partial charge in [0, 0.05) is 6.08 Å². The second kappa shape index (κ2) is 8.15. The zero-order valence-corrected chi connectivity index (χ0v) is 14.5. The molecule has 0 bridgehead atoms. The van der Waals surface area contributed by atoms with Gasteiger partial charge in [-0.25, -0.2) is 9.59 Å². The van der Waals surface area contributed by atoms with Crippen LogP contribution in [0, 0.1) is 20.8 Å². The largest absolute Gasteiger partial charge is 0.457 e. The molecule has 5 nitrogen and oxygen atoms in total. The molecule has 25 heavy (non-hydrogen) atoms. The van der Waals surface area contributed by atoms with Gasteiger partial charge in [-0.2, -0.15) is 0 Å². The van der Waals surface area contributed by atoms with Crippen molar-refractivity contribution in [1.82, 2.24) is 0 Å². The first-order valence-electron chi connectivity index (χ1n) is 7.73. The van der Waals surface area contributed by atoms with Crippen molar-refractivity contribution in [3.05, 3.63) is 71.3 Å². The smallest absolute Gasteiger partial charge is 0.343 e. The van der Waals surface area contributed by atoms with Crippen LogP contribution in [-0.2, 0) is 9.53 Å². The number of rotatable bonds is 6. The van der Waals surface area contributed by atoms with E-state index >= 15 is 0 Å². The quantitative estimate of drug-likeness (QED) is 0.345. The Labute approximate surface area is 146 Å². The first-order chi connectivity index (χ1) is 11.9. The van der Waals surface area contributed by atoms with Gasteiger partial charge < -0.3 is 14.2 Å². The van der Waals surface area contributed by atoms with Crippen LogP contribution in [-0.4, -0.2) is 18.7 Å². The fraction of sp³-hybridized carbons (Fsp3) is 0.200. The molecule has 0 amide bonds. The van der Waals surface area contributed by atoms with Gasteiger partial charge in [-0.15, -0.1) is 0 Å². The van der Waals surface area contributed by atoms with Crippen LogP contribution < -0.4 is 9.47 Å². The summed E-state index contributed by atoms with van der Waals surface area (Å²) in [7, 11) is 0. The molecule has 2 aromatic rings. The number of carbonyl (C=O) groups is 2. The van der Waals surface area contributed by atoms with Crippen molar-refractivity contribution in [2.75, 3.05) is 6.79 Å². The third-order valence-electron chi connectivity index (χ3n) is 3.70. The zero-order valence-electron chi connectivity index (χ0n) is 14.5. The predicted molar refractivity (Wildman–Crippen MR) is 93.8 cm³/mol. The van der Waals surface area contributed by atoms with Crippen molar-refractivity contribution in [3.8, 4) is 11.5 Å². The van der Waals surface area contributed by atoms with Gasteiger partial charge in [-0.05, 0) is 67.8 Å². The van der Waals surface area contributed by atoms with Gasteiger partial charge in [0.05, 0.1) is 5.56 Å². The second-order valence-electron chi connectivity index (χ2n) is 5.54. The van der Waals surface area contributed by atoms with Crippen molar-refractivity contribution >= 4 is 11.9 Å². The average molecular weight is 340 g/mol. The first-order valence-corrected chi connectivity index (χ1v) is 7.73. The minimum atomic E-state index is -0.565. The fourth-order valence-electron chi connectivity index (χ4n) is 2.11. The van der Waals surface area contributed by atoms with Crippen LogP contribution in [0.25, 0.3) is 0 Å². The van der Waals surface area contributed by atoms with Crippen molar-refractivity contribution < 1.29 is 23.8 Å². The lowest BCUT2D eigenvalue weighted by Gasteiger charge is -2.11. The Kier molecular flexibility index (Phi) is 5.95. The number of carbonyl (C=O) groups excluding carboxylic acids is 2. The molecule has 0 saturated carbocycles. The molecule has 0 saturated heterocycles. The van der Waals surface area contributed by atoms with E-state index in [1.54, 1.807) is 31.2 Å². The molecule has 0 aliphatic carbocycles. The van der Waals surface area contributed by atoms with Gasteiger partial charge in [0.15, 0.2) is 0 Å². The molecule has 0 aliphatic heterocycles. The van der Waals surface area contributed by atoms with Crippen molar-refractivity contribution in [3.63, 3.8) is 0 Å². The number of ether oxygens (including phenoxy) is 3. The molecule has 2 rings (SSSR count). The maximum Gasteiger partial charge on any atom is 0.343 e. The molecule has 5 heteroatoms. The van der Waals surface area contributed by atoms with E-state index in [0.29, 0.717) is 22.6 Å². The maximum atomic E-state index is 12.3. The molecule has 0 radical (unpaired) electrons. The van der Waals surface area contributed by atoms with Gasteiger partial charge in [0.2, 0.25) is 6.79 Å². The summed E-state index contributed by atoms with van der Waals surface area (Å²) in [6.07, 6.45) is 1.06. The summed E-state index contributed by atoms with van der Waals surface area (Å²) in [5.74, 6) is -0.0167. The Hall–Kier alpha value is -3.08. The lowest BCUT2D eigenvalue weighted by atomic mass is 10.1. The van der Waals surface area contributed by atoms with Crippen LogP contribution in [0.3, 0.4) is 0 Å². The highest BCUT2D eigenvalue weighted by atomic mass is 16.7. The molecule has 0 atom stereocenters. The Morgan fingerprint density at radius 2 is 1.64 bits per heavy atom. The van der Waals surface area contributed by atoms with Crippen LogP contribution in [0.1, 0.15) is 27.0 Å². The number of esters is 2. The zero-order chi connectivity index (χ0) is 18.4. The van der Waals surface area contributed by atoms with E-state index in [-0.39, 0.29) is 6.79 Å².